The molecule has 0 aromatic heterocycles. The number of carbonyl (C=O) groups excluding carboxylic acids is 1. The zero-order valence-electron chi connectivity index (χ0n) is 14.2. The van der Waals surface area contributed by atoms with E-state index in [1.807, 2.05) is 35.4 Å². The van der Waals surface area contributed by atoms with Gasteiger partial charge in [-0.3, -0.25) is 0 Å². The third-order valence-electron chi connectivity index (χ3n) is 4.18. The molecule has 1 fully saturated rings. The van der Waals surface area contributed by atoms with Gasteiger partial charge in [-0.15, -0.1) is 11.8 Å². The van der Waals surface area contributed by atoms with Crippen LogP contribution in [0.2, 0.25) is 0 Å². The normalized spacial score (nSPS) is 17.7. The van der Waals surface area contributed by atoms with Crippen LogP contribution in [0.3, 0.4) is 0 Å². The predicted molar refractivity (Wildman–Crippen MR) is 96.3 cm³/mol. The van der Waals surface area contributed by atoms with Crippen molar-refractivity contribution in [2.24, 2.45) is 0 Å². The molecule has 1 heterocycles. The molecule has 1 aromatic carbocycles. The monoisotopic (exact) mass is 337 g/mol. The molecule has 128 valence electrons. The number of benzene rings is 1. The second-order valence-electron chi connectivity index (χ2n) is 5.90. The van der Waals surface area contributed by atoms with Gasteiger partial charge in [-0.05, 0) is 50.4 Å². The SMILES string of the molecule is COCCN(C)CC1CCCN1C(=O)Nc1ccc(SC)cc1. The van der Waals surface area contributed by atoms with Crippen molar-refractivity contribution in [1.82, 2.24) is 9.80 Å². The van der Waals surface area contributed by atoms with Gasteiger partial charge in [-0.2, -0.15) is 0 Å². The maximum Gasteiger partial charge on any atom is 0.322 e. The summed E-state index contributed by atoms with van der Waals surface area (Å²) in [6.07, 6.45) is 4.18. The molecule has 6 heteroatoms. The smallest absolute Gasteiger partial charge is 0.322 e. The van der Waals surface area contributed by atoms with Crippen molar-refractivity contribution < 1.29 is 9.53 Å². The Morgan fingerprint density at radius 3 is 2.83 bits per heavy atom. The molecule has 1 aromatic rings. The Balaban J connectivity index is 1.89. The van der Waals surface area contributed by atoms with E-state index < -0.39 is 0 Å². The first-order chi connectivity index (χ1) is 11.1. The average molecular weight is 337 g/mol. The Morgan fingerprint density at radius 1 is 1.43 bits per heavy atom. The molecule has 2 rings (SSSR count). The average Bonchev–Trinajstić information content (AvgIpc) is 3.01. The van der Waals surface area contributed by atoms with Gasteiger partial charge >= 0.3 is 6.03 Å². The zero-order chi connectivity index (χ0) is 16.7. The van der Waals surface area contributed by atoms with Crippen LogP contribution < -0.4 is 5.32 Å². The van der Waals surface area contributed by atoms with Crippen molar-refractivity contribution in [2.45, 2.75) is 23.8 Å². The lowest BCUT2D eigenvalue weighted by Gasteiger charge is -2.28. The number of ether oxygens (including phenoxy) is 1. The maximum absolute atomic E-state index is 12.5. The molecule has 0 aliphatic carbocycles. The van der Waals surface area contributed by atoms with Crippen LogP contribution in [0.1, 0.15) is 12.8 Å². The fourth-order valence-corrected chi connectivity index (χ4v) is 3.27. The van der Waals surface area contributed by atoms with Crippen molar-refractivity contribution in [3.63, 3.8) is 0 Å². The lowest BCUT2D eigenvalue weighted by atomic mass is 10.2. The number of thioether (sulfide) groups is 1. The third-order valence-corrected chi connectivity index (χ3v) is 4.92. The number of carbonyl (C=O) groups is 1. The van der Waals surface area contributed by atoms with Crippen LogP contribution in [0.5, 0.6) is 0 Å². The molecule has 1 unspecified atom stereocenters. The van der Waals surface area contributed by atoms with Gasteiger partial charge in [0, 0.05) is 43.4 Å². The number of rotatable bonds is 7. The Bertz CT molecular complexity index is 495. The molecule has 1 atom stereocenters. The lowest BCUT2D eigenvalue weighted by molar-refractivity contribution is 0.143. The second kappa shape index (κ2) is 9.15. The molecule has 0 bridgehead atoms. The molecule has 1 aliphatic rings. The largest absolute Gasteiger partial charge is 0.383 e. The summed E-state index contributed by atoms with van der Waals surface area (Å²) in [5, 5.41) is 3.02. The first kappa shape index (κ1) is 18.1. The molecule has 0 radical (unpaired) electrons. The van der Waals surface area contributed by atoms with E-state index in [4.69, 9.17) is 4.74 Å². The summed E-state index contributed by atoms with van der Waals surface area (Å²) >= 11 is 1.70. The van der Waals surface area contributed by atoms with Crippen LogP contribution in [0.15, 0.2) is 29.2 Å². The van der Waals surface area contributed by atoms with Crippen molar-refractivity contribution in [3.05, 3.63) is 24.3 Å². The summed E-state index contributed by atoms with van der Waals surface area (Å²) in [7, 11) is 3.79. The maximum atomic E-state index is 12.5. The molecule has 23 heavy (non-hydrogen) atoms. The molecular weight excluding hydrogens is 310 g/mol. The van der Waals surface area contributed by atoms with E-state index in [9.17, 15) is 4.79 Å². The zero-order valence-corrected chi connectivity index (χ0v) is 15.1. The van der Waals surface area contributed by atoms with Gasteiger partial charge < -0.3 is 19.9 Å². The quantitative estimate of drug-likeness (QED) is 0.777. The molecule has 0 saturated carbocycles. The van der Waals surface area contributed by atoms with Gasteiger partial charge in [0.05, 0.1) is 6.61 Å². The van der Waals surface area contributed by atoms with E-state index in [0.717, 1.165) is 44.8 Å². The van der Waals surface area contributed by atoms with Gasteiger partial charge in [-0.1, -0.05) is 0 Å². The van der Waals surface area contributed by atoms with Crippen molar-refractivity contribution in [1.29, 1.82) is 0 Å². The Morgan fingerprint density at radius 2 is 2.17 bits per heavy atom. The first-order valence-corrected chi connectivity index (χ1v) is 9.25. The highest BCUT2D eigenvalue weighted by Crippen LogP contribution is 2.21. The minimum Gasteiger partial charge on any atom is -0.383 e. The van der Waals surface area contributed by atoms with Crippen LogP contribution in [0, 0.1) is 0 Å². The first-order valence-electron chi connectivity index (χ1n) is 8.03. The summed E-state index contributed by atoms with van der Waals surface area (Å²) < 4.78 is 5.11. The van der Waals surface area contributed by atoms with E-state index in [1.165, 1.54) is 4.90 Å². The number of methoxy groups -OCH3 is 1. The highest BCUT2D eigenvalue weighted by molar-refractivity contribution is 7.98. The summed E-state index contributed by atoms with van der Waals surface area (Å²) in [5.41, 5.74) is 0.853. The number of urea groups is 1. The number of nitrogens with zero attached hydrogens (tertiary/aromatic N) is 2. The number of anilines is 1. The molecule has 1 saturated heterocycles. The van der Waals surface area contributed by atoms with Crippen molar-refractivity contribution in [2.75, 3.05) is 52.0 Å². The van der Waals surface area contributed by atoms with E-state index in [0.29, 0.717) is 0 Å². The predicted octanol–water partition coefficient (Wildman–Crippen LogP) is 2.98. The van der Waals surface area contributed by atoms with E-state index in [-0.39, 0.29) is 12.1 Å². The minimum atomic E-state index is 0.00421. The standard InChI is InChI=1S/C17H27N3O2S/c1-19(11-12-22-2)13-15-5-4-10-20(15)17(21)18-14-6-8-16(23-3)9-7-14/h6-9,15H,4-5,10-13H2,1-3H3,(H,18,21). The summed E-state index contributed by atoms with van der Waals surface area (Å²) in [5.74, 6) is 0. The third kappa shape index (κ3) is 5.41. The Hall–Kier alpha value is -1.24. The summed E-state index contributed by atoms with van der Waals surface area (Å²) in [6.45, 7) is 3.33. The highest BCUT2D eigenvalue weighted by Gasteiger charge is 2.29. The molecule has 1 N–H and O–H groups in total. The van der Waals surface area contributed by atoms with Crippen LogP contribution >= 0.6 is 11.8 Å². The number of hydrogen-bond acceptors (Lipinski definition) is 4. The van der Waals surface area contributed by atoms with E-state index >= 15 is 0 Å². The lowest BCUT2D eigenvalue weighted by Crippen LogP contribution is -2.44. The van der Waals surface area contributed by atoms with Gasteiger partial charge in [-0.25, -0.2) is 4.79 Å². The topological polar surface area (TPSA) is 44.8 Å². The fourth-order valence-electron chi connectivity index (χ4n) is 2.86. The fraction of sp³-hybridized carbons (Fsp3) is 0.588. The highest BCUT2D eigenvalue weighted by atomic mass is 32.2. The summed E-state index contributed by atoms with van der Waals surface area (Å²) in [4.78, 5) is 17.9. The number of nitrogens with one attached hydrogen (secondary N) is 1. The molecule has 1 aliphatic heterocycles. The van der Waals surface area contributed by atoms with Gasteiger partial charge in [0.2, 0.25) is 0 Å². The summed E-state index contributed by atoms with van der Waals surface area (Å²) in [6, 6.07) is 8.26. The number of likely N-dealkylation sites (tertiary alicyclic amines) is 1. The second-order valence-corrected chi connectivity index (χ2v) is 6.78. The van der Waals surface area contributed by atoms with Gasteiger partial charge in [0.25, 0.3) is 0 Å². The van der Waals surface area contributed by atoms with Crippen LogP contribution in [-0.2, 0) is 4.74 Å². The van der Waals surface area contributed by atoms with E-state index in [1.54, 1.807) is 18.9 Å². The minimum absolute atomic E-state index is 0.00421. The van der Waals surface area contributed by atoms with Crippen molar-refractivity contribution in [3.8, 4) is 0 Å². The van der Waals surface area contributed by atoms with Crippen molar-refractivity contribution >= 4 is 23.5 Å². The number of hydrogen-bond donors (Lipinski definition) is 1. The number of amides is 2. The number of likely N-dealkylation sites (N-methyl/N-ethyl adjacent to an activating group) is 1. The molecule has 5 nitrogen and oxygen atoms in total. The molecule has 0 spiro atoms. The Labute approximate surface area is 143 Å². The molecule has 2 amide bonds. The van der Waals surface area contributed by atoms with Gasteiger partial charge in [0.1, 0.15) is 0 Å². The molecular formula is C17H27N3O2S. The Kier molecular flexibility index (Phi) is 7.20. The van der Waals surface area contributed by atoms with E-state index in [2.05, 4.69) is 17.3 Å². The van der Waals surface area contributed by atoms with Crippen LogP contribution in [-0.4, -0.2) is 68.5 Å². The van der Waals surface area contributed by atoms with Crippen LogP contribution in [0.4, 0.5) is 10.5 Å². The van der Waals surface area contributed by atoms with Gasteiger partial charge in [0.15, 0.2) is 0 Å². The van der Waals surface area contributed by atoms with Crippen LogP contribution in [0.25, 0.3) is 0 Å².